The van der Waals surface area contributed by atoms with Crippen molar-refractivity contribution in [3.63, 3.8) is 0 Å². The number of aryl methyl sites for hydroxylation is 1. The van der Waals surface area contributed by atoms with Crippen molar-refractivity contribution in [2.24, 2.45) is 0 Å². The van der Waals surface area contributed by atoms with Gasteiger partial charge in [-0.2, -0.15) is 0 Å². The summed E-state index contributed by atoms with van der Waals surface area (Å²) in [6, 6.07) is 1.19. The van der Waals surface area contributed by atoms with Crippen molar-refractivity contribution in [1.29, 1.82) is 0 Å². The number of aromatic nitrogens is 2. The molecular weight excluding hydrogens is 220 g/mol. The molecule has 0 aliphatic carbocycles. The minimum Gasteiger partial charge on any atom is -0.505 e. The van der Waals surface area contributed by atoms with Gasteiger partial charge in [-0.15, -0.1) is 0 Å². The predicted octanol–water partition coefficient (Wildman–Crippen LogP) is 1.93. The van der Waals surface area contributed by atoms with Crippen LogP contribution in [0.25, 0.3) is 11.0 Å². The van der Waals surface area contributed by atoms with Gasteiger partial charge in [-0.1, -0.05) is 11.6 Å². The van der Waals surface area contributed by atoms with Crippen LogP contribution in [0.4, 0.5) is 0 Å². The van der Waals surface area contributed by atoms with Crippen LogP contribution in [0.1, 0.15) is 16.2 Å². The number of carboxylic acids is 1. The van der Waals surface area contributed by atoms with Gasteiger partial charge in [0.2, 0.25) is 0 Å². The van der Waals surface area contributed by atoms with Crippen molar-refractivity contribution in [3.05, 3.63) is 22.5 Å². The first-order chi connectivity index (χ1) is 7.00. The zero-order valence-corrected chi connectivity index (χ0v) is 8.46. The van der Waals surface area contributed by atoms with Gasteiger partial charge in [-0.05, 0) is 13.0 Å². The number of aromatic hydroxyl groups is 1. The number of hydrogen-bond acceptors (Lipinski definition) is 3. The van der Waals surface area contributed by atoms with Crippen LogP contribution in [-0.2, 0) is 0 Å². The lowest BCUT2D eigenvalue weighted by atomic mass is 10.2. The molecule has 2 rings (SSSR count). The molecule has 1 aromatic carbocycles. The number of hydrogen-bond donors (Lipinski definition) is 3. The smallest absolute Gasteiger partial charge is 0.339 e. The molecule has 78 valence electrons. The Balaban J connectivity index is 2.89. The molecule has 0 bridgehead atoms. The molecule has 0 fully saturated rings. The van der Waals surface area contributed by atoms with Gasteiger partial charge in [-0.25, -0.2) is 9.78 Å². The molecule has 0 amide bonds. The third kappa shape index (κ3) is 1.41. The molecule has 0 radical (unpaired) electrons. The van der Waals surface area contributed by atoms with E-state index in [1.165, 1.54) is 6.07 Å². The molecule has 1 heterocycles. The number of aromatic carboxylic acids is 1. The number of benzene rings is 1. The molecule has 0 saturated heterocycles. The minimum atomic E-state index is -1.24. The molecule has 2 aromatic rings. The largest absolute Gasteiger partial charge is 0.505 e. The van der Waals surface area contributed by atoms with Gasteiger partial charge in [0.15, 0.2) is 5.75 Å². The van der Waals surface area contributed by atoms with E-state index >= 15 is 0 Å². The van der Waals surface area contributed by atoms with E-state index in [0.29, 0.717) is 11.3 Å². The number of phenols is 1. The lowest BCUT2D eigenvalue weighted by Gasteiger charge is -2.01. The van der Waals surface area contributed by atoms with E-state index in [-0.39, 0.29) is 21.9 Å². The van der Waals surface area contributed by atoms with Crippen LogP contribution < -0.4 is 0 Å². The lowest BCUT2D eigenvalue weighted by molar-refractivity contribution is 0.0694. The zero-order chi connectivity index (χ0) is 11.2. The Bertz CT molecular complexity index is 562. The maximum absolute atomic E-state index is 10.8. The monoisotopic (exact) mass is 226 g/mol. The summed E-state index contributed by atoms with van der Waals surface area (Å²) in [5.41, 5.74) is 0.369. The third-order valence-corrected chi connectivity index (χ3v) is 2.34. The average molecular weight is 227 g/mol. The summed E-state index contributed by atoms with van der Waals surface area (Å²) in [7, 11) is 0. The highest BCUT2D eigenvalue weighted by Gasteiger charge is 2.18. The van der Waals surface area contributed by atoms with Gasteiger partial charge in [0.05, 0.1) is 10.5 Å². The van der Waals surface area contributed by atoms with Crippen LogP contribution >= 0.6 is 11.6 Å². The maximum Gasteiger partial charge on any atom is 0.339 e. The highest BCUT2D eigenvalue weighted by molar-refractivity contribution is 6.35. The van der Waals surface area contributed by atoms with Gasteiger partial charge in [0, 0.05) is 0 Å². The average Bonchev–Trinajstić information content (AvgIpc) is 2.53. The number of nitrogens with one attached hydrogen (secondary N) is 1. The van der Waals surface area contributed by atoms with E-state index in [4.69, 9.17) is 16.7 Å². The van der Waals surface area contributed by atoms with E-state index in [2.05, 4.69) is 9.97 Å². The van der Waals surface area contributed by atoms with Crippen molar-refractivity contribution in [2.45, 2.75) is 6.92 Å². The second-order valence-corrected chi connectivity index (χ2v) is 3.51. The molecule has 0 aliphatic heterocycles. The number of imidazole rings is 1. The predicted molar refractivity (Wildman–Crippen MR) is 54.5 cm³/mol. The number of nitrogens with zero attached hydrogens (tertiary/aromatic N) is 1. The van der Waals surface area contributed by atoms with Crippen LogP contribution in [0, 0.1) is 6.92 Å². The van der Waals surface area contributed by atoms with Gasteiger partial charge in [-0.3, -0.25) is 0 Å². The summed E-state index contributed by atoms with van der Waals surface area (Å²) in [6.07, 6.45) is 0. The number of fused-ring (bicyclic) bond motifs is 1. The van der Waals surface area contributed by atoms with Crippen LogP contribution in [0.3, 0.4) is 0 Å². The fourth-order valence-electron chi connectivity index (χ4n) is 1.39. The van der Waals surface area contributed by atoms with Crippen LogP contribution in [0.5, 0.6) is 5.75 Å². The SMILES string of the molecule is Cc1nc2c(O)c(C(=O)O)cc(Cl)c2[nH]1. The number of aromatic amines is 1. The fraction of sp³-hybridized carbons (Fsp3) is 0.111. The summed E-state index contributed by atoms with van der Waals surface area (Å²) in [4.78, 5) is 17.6. The number of carbonyl (C=O) groups is 1. The summed E-state index contributed by atoms with van der Waals surface area (Å²) in [5.74, 6) is -1.05. The summed E-state index contributed by atoms with van der Waals surface area (Å²) < 4.78 is 0. The quantitative estimate of drug-likeness (QED) is 0.694. The molecule has 15 heavy (non-hydrogen) atoms. The Labute approximate surface area is 89.3 Å². The van der Waals surface area contributed by atoms with E-state index in [0.717, 1.165) is 0 Å². The first-order valence-corrected chi connectivity index (χ1v) is 4.49. The molecule has 0 aliphatic rings. The van der Waals surface area contributed by atoms with E-state index < -0.39 is 5.97 Å². The van der Waals surface area contributed by atoms with Crippen molar-refractivity contribution in [3.8, 4) is 5.75 Å². The second-order valence-electron chi connectivity index (χ2n) is 3.11. The second kappa shape index (κ2) is 3.13. The summed E-state index contributed by atoms with van der Waals surface area (Å²) in [6.45, 7) is 1.69. The summed E-state index contributed by atoms with van der Waals surface area (Å²) in [5, 5.41) is 18.7. The first-order valence-electron chi connectivity index (χ1n) is 4.11. The van der Waals surface area contributed by atoms with Gasteiger partial charge >= 0.3 is 5.97 Å². The van der Waals surface area contributed by atoms with E-state index in [1.54, 1.807) is 6.92 Å². The van der Waals surface area contributed by atoms with Gasteiger partial charge in [0.25, 0.3) is 0 Å². The Hall–Kier alpha value is -1.75. The fourth-order valence-corrected chi connectivity index (χ4v) is 1.64. The Morgan fingerprint density at radius 3 is 2.87 bits per heavy atom. The van der Waals surface area contributed by atoms with Crippen molar-refractivity contribution >= 4 is 28.6 Å². The standard InChI is InChI=1S/C9H7ClN2O3/c1-3-11-6-5(10)2-4(9(14)15)8(13)7(6)12-3/h2,13H,1H3,(H,11,12)(H,14,15). The van der Waals surface area contributed by atoms with Gasteiger partial charge in [0.1, 0.15) is 16.9 Å². The number of H-pyrrole nitrogens is 1. The number of rotatable bonds is 1. The Kier molecular flexibility index (Phi) is 2.04. The molecule has 1 aromatic heterocycles. The van der Waals surface area contributed by atoms with Crippen LogP contribution in [0.15, 0.2) is 6.07 Å². The van der Waals surface area contributed by atoms with Crippen LogP contribution in [-0.4, -0.2) is 26.2 Å². The van der Waals surface area contributed by atoms with E-state index in [1.807, 2.05) is 0 Å². The highest BCUT2D eigenvalue weighted by atomic mass is 35.5. The molecule has 0 atom stereocenters. The lowest BCUT2D eigenvalue weighted by Crippen LogP contribution is -1.97. The zero-order valence-electron chi connectivity index (χ0n) is 7.71. The van der Waals surface area contributed by atoms with Crippen LogP contribution in [0.2, 0.25) is 5.02 Å². The molecule has 3 N–H and O–H groups in total. The highest BCUT2D eigenvalue weighted by Crippen LogP contribution is 2.32. The Morgan fingerprint density at radius 2 is 2.27 bits per heavy atom. The molecule has 6 heteroatoms. The van der Waals surface area contributed by atoms with Crippen molar-refractivity contribution in [2.75, 3.05) is 0 Å². The van der Waals surface area contributed by atoms with Gasteiger partial charge < -0.3 is 15.2 Å². The third-order valence-electron chi connectivity index (χ3n) is 2.04. The maximum atomic E-state index is 10.8. The molecule has 0 spiro atoms. The topological polar surface area (TPSA) is 86.2 Å². The number of halogens is 1. The summed E-state index contributed by atoms with van der Waals surface area (Å²) >= 11 is 5.85. The normalized spacial score (nSPS) is 10.8. The Morgan fingerprint density at radius 1 is 1.60 bits per heavy atom. The molecule has 0 unspecified atom stereocenters. The molecular formula is C9H7ClN2O3. The first kappa shape index (κ1) is 9.79. The van der Waals surface area contributed by atoms with E-state index in [9.17, 15) is 9.90 Å². The number of carboxylic acid groups (broad SMARTS) is 1. The minimum absolute atomic E-state index is 0.178. The van der Waals surface area contributed by atoms with Crippen molar-refractivity contribution < 1.29 is 15.0 Å². The van der Waals surface area contributed by atoms with Crippen molar-refractivity contribution in [1.82, 2.24) is 9.97 Å². The molecule has 5 nitrogen and oxygen atoms in total. The molecule has 0 saturated carbocycles.